The van der Waals surface area contributed by atoms with Gasteiger partial charge in [0.25, 0.3) is 0 Å². The Morgan fingerprint density at radius 1 is 1.13 bits per heavy atom. The Morgan fingerprint density at radius 2 is 1.81 bits per heavy atom. The SMILES string of the molecule is COc1ccccc1-n1nnnc1SC(C)C(=O)/C=C1/N(C)c2ccccc2C1(C)C. The zero-order valence-corrected chi connectivity index (χ0v) is 19.1. The Balaban J connectivity index is 1.58. The lowest BCUT2D eigenvalue weighted by molar-refractivity contribution is -0.114. The van der Waals surface area contributed by atoms with Crippen molar-refractivity contribution in [2.75, 3.05) is 19.1 Å². The van der Waals surface area contributed by atoms with Crippen molar-refractivity contribution < 1.29 is 9.53 Å². The summed E-state index contributed by atoms with van der Waals surface area (Å²) in [6.45, 7) is 6.17. The number of nitrogens with zero attached hydrogens (tertiary/aromatic N) is 5. The van der Waals surface area contributed by atoms with Gasteiger partial charge in [-0.2, -0.15) is 4.68 Å². The summed E-state index contributed by atoms with van der Waals surface area (Å²) in [5, 5.41) is 12.2. The first kappa shape index (κ1) is 21.1. The van der Waals surface area contributed by atoms with Gasteiger partial charge < -0.3 is 9.64 Å². The number of rotatable bonds is 6. The van der Waals surface area contributed by atoms with Gasteiger partial charge in [0.2, 0.25) is 5.16 Å². The highest BCUT2D eigenvalue weighted by atomic mass is 32.2. The summed E-state index contributed by atoms with van der Waals surface area (Å²) in [4.78, 5) is 15.3. The van der Waals surface area contributed by atoms with Gasteiger partial charge in [-0.15, -0.1) is 5.10 Å². The van der Waals surface area contributed by atoms with Crippen molar-refractivity contribution in [3.63, 3.8) is 0 Å². The third-order valence-corrected chi connectivity index (χ3v) is 6.71. The first-order valence-electron chi connectivity index (χ1n) is 10.0. The number of carbonyl (C=O) groups is 1. The van der Waals surface area contributed by atoms with Crippen LogP contribution in [0.5, 0.6) is 5.75 Å². The normalized spacial score (nSPS) is 16.9. The fourth-order valence-corrected chi connectivity index (χ4v) is 4.75. The number of ether oxygens (including phenoxy) is 1. The van der Waals surface area contributed by atoms with Crippen molar-refractivity contribution in [3.8, 4) is 11.4 Å². The largest absolute Gasteiger partial charge is 0.494 e. The molecule has 0 saturated heterocycles. The molecular formula is C23H25N5O2S. The molecule has 0 saturated carbocycles. The molecule has 2 aromatic carbocycles. The van der Waals surface area contributed by atoms with Crippen molar-refractivity contribution >= 4 is 23.2 Å². The Bertz CT molecular complexity index is 1150. The van der Waals surface area contributed by atoms with Crippen molar-refractivity contribution in [1.82, 2.24) is 20.2 Å². The standard InChI is InChI=1S/C23H25N5O2S/c1-15(31-22-24-25-26-28(22)18-12-8-9-13-20(18)30-5)19(29)14-21-23(2,3)16-10-6-7-11-17(16)27(21)4/h6-15H,1-5H3/b21-14+. The van der Waals surface area contributed by atoms with Gasteiger partial charge in [0, 0.05) is 29.9 Å². The van der Waals surface area contributed by atoms with Crippen LogP contribution in [0.1, 0.15) is 26.3 Å². The number of ketones is 1. The number of fused-ring (bicyclic) bond motifs is 1. The quantitative estimate of drug-likeness (QED) is 0.427. The molecule has 0 aliphatic carbocycles. The van der Waals surface area contributed by atoms with Crippen LogP contribution in [-0.4, -0.2) is 45.4 Å². The minimum absolute atomic E-state index is 0.0160. The number of anilines is 1. The molecule has 0 N–H and O–H groups in total. The zero-order valence-electron chi connectivity index (χ0n) is 18.2. The van der Waals surface area contributed by atoms with Crippen molar-refractivity contribution in [3.05, 3.63) is 65.9 Å². The van der Waals surface area contributed by atoms with Crippen molar-refractivity contribution in [1.29, 1.82) is 0 Å². The van der Waals surface area contributed by atoms with Crippen LogP contribution in [-0.2, 0) is 10.2 Å². The van der Waals surface area contributed by atoms with Crippen LogP contribution in [0.4, 0.5) is 5.69 Å². The molecule has 1 aliphatic heterocycles. The molecule has 2 heterocycles. The first-order valence-corrected chi connectivity index (χ1v) is 10.9. The number of benzene rings is 2. The molecule has 1 unspecified atom stereocenters. The molecule has 3 aromatic rings. The van der Waals surface area contributed by atoms with E-state index in [0.29, 0.717) is 10.9 Å². The van der Waals surface area contributed by atoms with Crippen LogP contribution in [0.2, 0.25) is 0 Å². The molecule has 1 atom stereocenters. The first-order chi connectivity index (χ1) is 14.8. The number of carbonyl (C=O) groups excluding carboxylic acids is 1. The second kappa shape index (κ2) is 8.19. The summed E-state index contributed by atoms with van der Waals surface area (Å²) in [6, 6.07) is 15.8. The van der Waals surface area contributed by atoms with Crippen molar-refractivity contribution in [2.24, 2.45) is 0 Å². The Kier molecular flexibility index (Phi) is 5.58. The highest BCUT2D eigenvalue weighted by molar-refractivity contribution is 8.00. The minimum Gasteiger partial charge on any atom is -0.494 e. The third kappa shape index (κ3) is 3.72. The van der Waals surface area contributed by atoms with Gasteiger partial charge in [0.05, 0.1) is 12.4 Å². The zero-order chi connectivity index (χ0) is 22.2. The van der Waals surface area contributed by atoms with E-state index in [-0.39, 0.29) is 16.4 Å². The van der Waals surface area contributed by atoms with Gasteiger partial charge in [-0.3, -0.25) is 4.79 Å². The maximum atomic E-state index is 13.2. The number of aromatic nitrogens is 4. The van der Waals surface area contributed by atoms with E-state index in [9.17, 15) is 4.79 Å². The molecular weight excluding hydrogens is 410 g/mol. The fourth-order valence-electron chi connectivity index (χ4n) is 3.94. The molecule has 7 nitrogen and oxygen atoms in total. The lowest BCUT2D eigenvalue weighted by Gasteiger charge is -2.24. The number of methoxy groups -OCH3 is 1. The average Bonchev–Trinajstić information content (AvgIpc) is 3.30. The van der Waals surface area contributed by atoms with Crippen LogP contribution in [0.3, 0.4) is 0 Å². The third-order valence-electron chi connectivity index (χ3n) is 5.66. The van der Waals surface area contributed by atoms with Crippen LogP contribution in [0.15, 0.2) is 65.5 Å². The van der Waals surface area contributed by atoms with E-state index >= 15 is 0 Å². The van der Waals surface area contributed by atoms with Crippen LogP contribution >= 0.6 is 11.8 Å². The second-order valence-electron chi connectivity index (χ2n) is 7.94. The Morgan fingerprint density at radius 3 is 2.52 bits per heavy atom. The second-order valence-corrected chi connectivity index (χ2v) is 9.25. The van der Waals surface area contributed by atoms with E-state index in [2.05, 4.69) is 46.4 Å². The summed E-state index contributed by atoms with van der Waals surface area (Å²) in [5.41, 5.74) is 3.81. The smallest absolute Gasteiger partial charge is 0.214 e. The maximum absolute atomic E-state index is 13.2. The van der Waals surface area contributed by atoms with E-state index in [4.69, 9.17) is 4.74 Å². The highest BCUT2D eigenvalue weighted by Crippen LogP contribution is 2.46. The maximum Gasteiger partial charge on any atom is 0.214 e. The predicted octanol–water partition coefficient (Wildman–Crippen LogP) is 4.03. The van der Waals surface area contributed by atoms with E-state index < -0.39 is 0 Å². The number of para-hydroxylation sites is 3. The summed E-state index contributed by atoms with van der Waals surface area (Å²) >= 11 is 1.33. The lowest BCUT2D eigenvalue weighted by Crippen LogP contribution is -2.25. The number of thioether (sulfide) groups is 1. The highest BCUT2D eigenvalue weighted by Gasteiger charge is 2.38. The van der Waals surface area contributed by atoms with Gasteiger partial charge >= 0.3 is 0 Å². The molecule has 4 rings (SSSR count). The molecule has 1 aliphatic rings. The predicted molar refractivity (Wildman–Crippen MR) is 122 cm³/mol. The summed E-state index contributed by atoms with van der Waals surface area (Å²) in [6.07, 6.45) is 1.76. The van der Waals surface area contributed by atoms with Crippen LogP contribution in [0, 0.1) is 0 Å². The van der Waals surface area contributed by atoms with E-state index in [1.165, 1.54) is 17.3 Å². The van der Waals surface area contributed by atoms with Gasteiger partial charge in [0.1, 0.15) is 11.4 Å². The number of likely N-dealkylation sites (N-methyl/N-ethyl adjacent to an activating group) is 1. The number of hydrogen-bond donors (Lipinski definition) is 0. The molecule has 31 heavy (non-hydrogen) atoms. The van der Waals surface area contributed by atoms with Gasteiger partial charge in [-0.1, -0.05) is 55.9 Å². The summed E-state index contributed by atoms with van der Waals surface area (Å²) in [7, 11) is 3.61. The van der Waals surface area contributed by atoms with Gasteiger partial charge in [-0.05, 0) is 41.1 Å². The average molecular weight is 436 g/mol. The summed E-state index contributed by atoms with van der Waals surface area (Å²) < 4.78 is 7.02. The summed E-state index contributed by atoms with van der Waals surface area (Å²) in [5.74, 6) is 0.673. The molecule has 0 radical (unpaired) electrons. The molecule has 160 valence electrons. The Labute approximate surface area is 186 Å². The number of allylic oxidation sites excluding steroid dienone is 2. The molecule has 1 aromatic heterocycles. The minimum atomic E-state index is -0.361. The van der Waals surface area contributed by atoms with Gasteiger partial charge in [0.15, 0.2) is 5.78 Å². The molecule has 0 fully saturated rings. The molecule has 0 amide bonds. The molecule has 8 heteroatoms. The van der Waals surface area contributed by atoms with E-state index in [0.717, 1.165) is 17.1 Å². The molecule has 0 bridgehead atoms. The van der Waals surface area contributed by atoms with Crippen molar-refractivity contribution in [2.45, 2.75) is 36.6 Å². The number of tetrazole rings is 1. The monoisotopic (exact) mass is 435 g/mol. The van der Waals surface area contributed by atoms with Crippen LogP contribution < -0.4 is 9.64 Å². The lowest BCUT2D eigenvalue weighted by atomic mass is 9.83. The molecule has 0 spiro atoms. The van der Waals surface area contributed by atoms with Gasteiger partial charge in [-0.25, -0.2) is 0 Å². The van der Waals surface area contributed by atoms with E-state index in [1.807, 2.05) is 50.4 Å². The van der Waals surface area contributed by atoms with E-state index in [1.54, 1.807) is 17.9 Å². The fraction of sp³-hybridized carbons (Fsp3) is 0.304. The Hall–Kier alpha value is -3.13. The number of hydrogen-bond acceptors (Lipinski definition) is 7. The topological polar surface area (TPSA) is 73.1 Å². The van der Waals surface area contributed by atoms with Crippen LogP contribution in [0.25, 0.3) is 5.69 Å².